The average Bonchev–Trinajstić information content (AvgIpc) is 3.31. The standard InChI is InChI=1S/C26H37N7O2/c1-3-19(32-16-22-21(15-27-2)23(22)17-32)14-18-4-6-20(7-5-18)33-11-8-24(30-26(33)35)29-25(34)31-12-9-28-10-13-31/h4-8,11,19,21-23,27-28H,3,9-10,12-17H2,1-2H3,(H,29,30,34,35)/t19?,21-,22-,23+. The number of urea groups is 1. The number of amides is 2. The van der Waals surface area contributed by atoms with Crippen LogP contribution in [-0.2, 0) is 6.42 Å². The summed E-state index contributed by atoms with van der Waals surface area (Å²) in [5.41, 5.74) is 1.65. The summed E-state index contributed by atoms with van der Waals surface area (Å²) in [6.07, 6.45) is 3.84. The van der Waals surface area contributed by atoms with Crippen molar-refractivity contribution in [3.63, 3.8) is 0 Å². The second-order valence-corrected chi connectivity index (χ2v) is 10.1. The SMILES string of the molecule is CCC(Cc1ccc(-n2ccc(NC(=O)N3CCNCC3)nc2=O)cc1)N1C[C@@H]2[C@@H](CNC)[C@@H]2C1. The smallest absolute Gasteiger partial charge is 0.322 e. The fourth-order valence-electron chi connectivity index (χ4n) is 5.84. The molecule has 5 rings (SSSR count). The van der Waals surface area contributed by atoms with Crippen molar-refractivity contribution in [2.75, 3.05) is 58.2 Å². The van der Waals surface area contributed by atoms with Crippen molar-refractivity contribution in [3.8, 4) is 5.69 Å². The monoisotopic (exact) mass is 479 g/mol. The number of nitrogens with one attached hydrogen (secondary N) is 3. The van der Waals surface area contributed by atoms with Gasteiger partial charge in [0.05, 0.1) is 5.69 Å². The molecule has 4 atom stereocenters. The highest BCUT2D eigenvalue weighted by Gasteiger charge is 2.55. The van der Waals surface area contributed by atoms with Crippen LogP contribution in [0.5, 0.6) is 0 Å². The first kappa shape index (κ1) is 24.0. The zero-order valence-electron chi connectivity index (χ0n) is 20.7. The van der Waals surface area contributed by atoms with Gasteiger partial charge in [0, 0.05) is 51.5 Å². The molecule has 3 heterocycles. The largest absolute Gasteiger partial charge is 0.354 e. The number of likely N-dealkylation sites (tertiary alicyclic amines) is 1. The first-order chi connectivity index (χ1) is 17.1. The van der Waals surface area contributed by atoms with E-state index >= 15 is 0 Å². The fraction of sp³-hybridized carbons (Fsp3) is 0.577. The Bertz CT molecular complexity index is 1070. The summed E-state index contributed by atoms with van der Waals surface area (Å²) in [6.45, 7) is 8.72. The van der Waals surface area contributed by atoms with Crippen LogP contribution in [0.3, 0.4) is 0 Å². The third-order valence-corrected chi connectivity index (χ3v) is 7.96. The zero-order chi connectivity index (χ0) is 24.4. The summed E-state index contributed by atoms with van der Waals surface area (Å²) in [7, 11) is 2.05. The Balaban J connectivity index is 1.18. The van der Waals surface area contributed by atoms with Crippen molar-refractivity contribution in [3.05, 3.63) is 52.6 Å². The Morgan fingerprint density at radius 1 is 1.14 bits per heavy atom. The predicted octanol–water partition coefficient (Wildman–Crippen LogP) is 1.39. The van der Waals surface area contributed by atoms with Gasteiger partial charge in [0.25, 0.3) is 0 Å². The topological polar surface area (TPSA) is 94.5 Å². The first-order valence-electron chi connectivity index (χ1n) is 12.9. The lowest BCUT2D eigenvalue weighted by atomic mass is 10.0. The molecule has 0 radical (unpaired) electrons. The lowest BCUT2D eigenvalue weighted by Crippen LogP contribution is -2.48. The maximum absolute atomic E-state index is 12.7. The van der Waals surface area contributed by atoms with Gasteiger partial charge in [0.15, 0.2) is 0 Å². The molecule has 2 saturated heterocycles. The van der Waals surface area contributed by atoms with E-state index in [9.17, 15) is 9.59 Å². The fourth-order valence-corrected chi connectivity index (χ4v) is 5.84. The van der Waals surface area contributed by atoms with Gasteiger partial charge < -0.3 is 15.5 Å². The predicted molar refractivity (Wildman–Crippen MR) is 137 cm³/mol. The molecule has 35 heavy (non-hydrogen) atoms. The molecule has 2 aliphatic heterocycles. The number of piperazine rings is 1. The number of nitrogens with zero attached hydrogens (tertiary/aromatic N) is 4. The van der Waals surface area contributed by atoms with Crippen molar-refractivity contribution >= 4 is 11.8 Å². The van der Waals surface area contributed by atoms with Crippen molar-refractivity contribution in [1.29, 1.82) is 0 Å². The van der Waals surface area contributed by atoms with E-state index in [0.717, 1.165) is 55.9 Å². The van der Waals surface area contributed by atoms with Crippen molar-refractivity contribution in [2.45, 2.75) is 25.8 Å². The van der Waals surface area contributed by atoms with E-state index in [0.29, 0.717) is 19.1 Å². The molecule has 9 nitrogen and oxygen atoms in total. The number of anilines is 1. The van der Waals surface area contributed by atoms with Crippen LogP contribution in [0.15, 0.2) is 41.3 Å². The Morgan fingerprint density at radius 2 is 1.86 bits per heavy atom. The van der Waals surface area contributed by atoms with Crippen molar-refractivity contribution in [2.24, 2.45) is 17.8 Å². The number of fused-ring (bicyclic) bond motifs is 1. The molecular weight excluding hydrogens is 442 g/mol. The van der Waals surface area contributed by atoms with Gasteiger partial charge >= 0.3 is 11.7 Å². The number of rotatable bonds is 8. The Hall–Kier alpha value is -2.75. The summed E-state index contributed by atoms with van der Waals surface area (Å²) >= 11 is 0. The molecule has 1 unspecified atom stereocenters. The van der Waals surface area contributed by atoms with Gasteiger partial charge in [-0.2, -0.15) is 4.98 Å². The maximum Gasteiger partial charge on any atom is 0.354 e. The molecule has 3 N–H and O–H groups in total. The minimum atomic E-state index is -0.408. The van der Waals surface area contributed by atoms with Crippen molar-refractivity contribution < 1.29 is 4.79 Å². The van der Waals surface area contributed by atoms with Crippen LogP contribution in [-0.4, -0.2) is 84.3 Å². The highest BCUT2D eigenvalue weighted by Crippen LogP contribution is 2.51. The number of piperidine rings is 1. The molecule has 1 aromatic carbocycles. The Kier molecular flexibility index (Phi) is 7.17. The van der Waals surface area contributed by atoms with Gasteiger partial charge in [-0.3, -0.25) is 14.8 Å². The van der Waals surface area contributed by atoms with E-state index in [1.54, 1.807) is 17.2 Å². The quantitative estimate of drug-likeness (QED) is 0.530. The van der Waals surface area contributed by atoms with Crippen LogP contribution in [0.4, 0.5) is 10.6 Å². The van der Waals surface area contributed by atoms with Crippen molar-refractivity contribution in [1.82, 2.24) is 30.0 Å². The summed E-state index contributed by atoms with van der Waals surface area (Å²) in [5.74, 6) is 2.91. The molecule has 2 aromatic rings. The van der Waals surface area contributed by atoms with Gasteiger partial charge in [0.2, 0.25) is 0 Å². The number of carbonyl (C=O) groups excluding carboxylic acids is 1. The lowest BCUT2D eigenvalue weighted by molar-refractivity contribution is 0.200. The molecule has 0 spiro atoms. The molecule has 1 aromatic heterocycles. The van der Waals surface area contributed by atoms with Gasteiger partial charge in [-0.25, -0.2) is 9.59 Å². The molecule has 0 bridgehead atoms. The number of hydrogen-bond acceptors (Lipinski definition) is 6. The van der Waals surface area contributed by atoms with Crippen LogP contribution < -0.4 is 21.6 Å². The number of benzene rings is 1. The number of carbonyl (C=O) groups is 1. The summed E-state index contributed by atoms with van der Waals surface area (Å²) in [4.78, 5) is 33.5. The molecule has 2 amide bonds. The van der Waals surface area contributed by atoms with Gasteiger partial charge in [-0.15, -0.1) is 0 Å². The van der Waals surface area contributed by atoms with Gasteiger partial charge in [0.1, 0.15) is 5.82 Å². The second-order valence-electron chi connectivity index (χ2n) is 10.1. The highest BCUT2D eigenvalue weighted by atomic mass is 16.2. The minimum Gasteiger partial charge on any atom is -0.322 e. The van der Waals surface area contributed by atoms with Crippen LogP contribution in [0, 0.1) is 17.8 Å². The van der Waals surface area contributed by atoms with E-state index < -0.39 is 5.69 Å². The zero-order valence-corrected chi connectivity index (χ0v) is 20.7. The maximum atomic E-state index is 12.7. The average molecular weight is 480 g/mol. The van der Waals surface area contributed by atoms with Gasteiger partial charge in [-0.05, 0) is 68.0 Å². The minimum absolute atomic E-state index is 0.223. The van der Waals surface area contributed by atoms with Gasteiger partial charge in [-0.1, -0.05) is 19.1 Å². The van der Waals surface area contributed by atoms with Crippen LogP contribution in [0.2, 0.25) is 0 Å². The second kappa shape index (κ2) is 10.5. The van der Waals surface area contributed by atoms with Crippen LogP contribution in [0.1, 0.15) is 18.9 Å². The Morgan fingerprint density at radius 3 is 2.49 bits per heavy atom. The van der Waals surface area contributed by atoms with E-state index in [-0.39, 0.29) is 11.8 Å². The van der Waals surface area contributed by atoms with E-state index in [1.807, 2.05) is 12.1 Å². The van der Waals surface area contributed by atoms with E-state index in [1.165, 1.54) is 23.2 Å². The molecule has 3 fully saturated rings. The number of hydrogen-bond donors (Lipinski definition) is 3. The van der Waals surface area contributed by atoms with E-state index in [2.05, 4.69) is 51.9 Å². The third-order valence-electron chi connectivity index (χ3n) is 7.96. The summed E-state index contributed by atoms with van der Waals surface area (Å²) in [5, 5.41) is 9.29. The molecule has 188 valence electrons. The lowest BCUT2D eigenvalue weighted by Gasteiger charge is -2.29. The molecular formula is C26H37N7O2. The van der Waals surface area contributed by atoms with Crippen LogP contribution >= 0.6 is 0 Å². The van der Waals surface area contributed by atoms with E-state index in [4.69, 9.17) is 0 Å². The third kappa shape index (κ3) is 5.27. The molecule has 1 aliphatic carbocycles. The molecule has 3 aliphatic rings. The normalized spacial score (nSPS) is 24.7. The summed E-state index contributed by atoms with van der Waals surface area (Å²) < 4.78 is 1.51. The van der Waals surface area contributed by atoms with Crippen LogP contribution in [0.25, 0.3) is 5.69 Å². The Labute approximate surface area is 206 Å². The molecule has 1 saturated carbocycles. The summed E-state index contributed by atoms with van der Waals surface area (Å²) in [6, 6.07) is 10.2. The first-order valence-corrected chi connectivity index (χ1v) is 12.9. The molecule has 9 heteroatoms. The highest BCUT2D eigenvalue weighted by molar-refractivity contribution is 5.88. The number of aromatic nitrogens is 2.